The van der Waals surface area contributed by atoms with Crippen LogP contribution >= 0.6 is 11.6 Å². The predicted molar refractivity (Wildman–Crippen MR) is 128 cm³/mol. The number of ether oxygens (including phenoxy) is 1. The Bertz CT molecular complexity index is 942. The molecule has 174 valence electrons. The summed E-state index contributed by atoms with van der Waals surface area (Å²) >= 11 is 5.96. The van der Waals surface area contributed by atoms with Gasteiger partial charge in [0.1, 0.15) is 5.56 Å². The molecular formula is C23H33ClN6O2. The van der Waals surface area contributed by atoms with Crippen molar-refractivity contribution in [1.29, 1.82) is 5.41 Å². The molecule has 1 aliphatic carbocycles. The molecular weight excluding hydrogens is 428 g/mol. The van der Waals surface area contributed by atoms with Crippen LogP contribution in [0.1, 0.15) is 49.5 Å². The van der Waals surface area contributed by atoms with Crippen LogP contribution in [0.15, 0.2) is 30.5 Å². The molecule has 1 heterocycles. The molecule has 32 heavy (non-hydrogen) atoms. The summed E-state index contributed by atoms with van der Waals surface area (Å²) in [4.78, 5) is 14.4. The first-order valence-electron chi connectivity index (χ1n) is 10.8. The minimum atomic E-state index is -0.547. The lowest BCUT2D eigenvalue weighted by Crippen LogP contribution is -2.52. The van der Waals surface area contributed by atoms with Gasteiger partial charge in [0.25, 0.3) is 5.91 Å². The first-order valence-corrected chi connectivity index (χ1v) is 11.2. The number of methoxy groups -OCH3 is 1. The van der Waals surface area contributed by atoms with Gasteiger partial charge in [-0.3, -0.25) is 14.4 Å². The number of primary amides is 1. The van der Waals surface area contributed by atoms with Crippen molar-refractivity contribution >= 4 is 35.2 Å². The number of carbonyl (C=O) groups excluding carboxylic acids is 1. The number of nitrogens with two attached hydrogens (primary N) is 1. The minimum Gasteiger partial charge on any atom is -0.383 e. The highest BCUT2D eigenvalue weighted by molar-refractivity contribution is 6.30. The van der Waals surface area contributed by atoms with E-state index in [2.05, 4.69) is 36.2 Å². The highest BCUT2D eigenvalue weighted by Gasteiger charge is 2.37. The predicted octanol–water partition coefficient (Wildman–Crippen LogP) is 4.10. The number of likely N-dealkylation sites (N-methyl/N-ethyl adjacent to an activating group) is 1. The standard InChI is InChI=1S/C23H33ClN6O2/c1-23(2,14-32-4)29(3)18-9-10-20(15(11-18)12-25)30-13-19(21(26)31)22(28-30)27-17-7-5-16(24)6-8-17/h5-8,12-13,15,18,20,25H,9-11,14H2,1-4H3,(H2,26,31)(H,27,28)/t15-,18+,20?/m1/s1. The largest absolute Gasteiger partial charge is 0.383 e. The molecule has 1 fully saturated rings. The number of amides is 1. The molecule has 3 rings (SSSR count). The average molecular weight is 461 g/mol. The first-order chi connectivity index (χ1) is 15.2. The van der Waals surface area contributed by atoms with Crippen LogP contribution in [0.5, 0.6) is 0 Å². The fourth-order valence-electron chi connectivity index (χ4n) is 4.48. The average Bonchev–Trinajstić information content (AvgIpc) is 3.18. The van der Waals surface area contributed by atoms with E-state index < -0.39 is 5.91 Å². The second-order valence-corrected chi connectivity index (χ2v) is 9.53. The Labute approximate surface area is 194 Å². The van der Waals surface area contributed by atoms with Crippen molar-refractivity contribution in [1.82, 2.24) is 14.7 Å². The van der Waals surface area contributed by atoms with Crippen LogP contribution in [0.25, 0.3) is 0 Å². The summed E-state index contributed by atoms with van der Waals surface area (Å²) in [5.74, 6) is -0.142. The normalized spacial score (nSPS) is 21.5. The lowest BCUT2D eigenvalue weighted by Gasteiger charge is -2.45. The van der Waals surface area contributed by atoms with Crippen LogP contribution in [0.2, 0.25) is 5.02 Å². The van der Waals surface area contributed by atoms with Gasteiger partial charge in [-0.05, 0) is 64.4 Å². The van der Waals surface area contributed by atoms with Crippen LogP contribution in [-0.4, -0.2) is 59.1 Å². The summed E-state index contributed by atoms with van der Waals surface area (Å²) in [7, 11) is 3.84. The van der Waals surface area contributed by atoms with Crippen LogP contribution < -0.4 is 11.1 Å². The van der Waals surface area contributed by atoms with E-state index in [0.29, 0.717) is 29.1 Å². The second-order valence-electron chi connectivity index (χ2n) is 9.09. The van der Waals surface area contributed by atoms with Gasteiger partial charge >= 0.3 is 0 Å². The number of carbonyl (C=O) groups is 1. The number of benzene rings is 1. The highest BCUT2D eigenvalue weighted by atomic mass is 35.5. The molecule has 0 spiro atoms. The molecule has 1 aromatic carbocycles. The molecule has 2 aromatic rings. The van der Waals surface area contributed by atoms with Gasteiger partial charge < -0.3 is 21.2 Å². The fourth-order valence-corrected chi connectivity index (χ4v) is 4.61. The van der Waals surface area contributed by atoms with Gasteiger partial charge in [0.05, 0.1) is 12.6 Å². The van der Waals surface area contributed by atoms with Gasteiger partial charge in [0, 0.05) is 47.7 Å². The maximum absolute atomic E-state index is 12.1. The number of hydrogen-bond acceptors (Lipinski definition) is 6. The van der Waals surface area contributed by atoms with Crippen LogP contribution in [0, 0.1) is 11.3 Å². The van der Waals surface area contributed by atoms with Crippen molar-refractivity contribution in [3.05, 3.63) is 41.0 Å². The zero-order valence-electron chi connectivity index (χ0n) is 19.1. The van der Waals surface area contributed by atoms with Crippen molar-refractivity contribution in [2.24, 2.45) is 11.7 Å². The Hall–Kier alpha value is -2.42. The third-order valence-corrected chi connectivity index (χ3v) is 6.74. The molecule has 0 aliphatic heterocycles. The molecule has 1 aromatic heterocycles. The Balaban J connectivity index is 1.81. The number of anilines is 2. The summed E-state index contributed by atoms with van der Waals surface area (Å²) < 4.78 is 7.19. The van der Waals surface area contributed by atoms with Gasteiger partial charge in [0.15, 0.2) is 5.82 Å². The van der Waals surface area contributed by atoms with E-state index in [1.165, 1.54) is 6.21 Å². The van der Waals surface area contributed by atoms with Crippen LogP contribution in [0.4, 0.5) is 11.5 Å². The highest BCUT2D eigenvalue weighted by Crippen LogP contribution is 2.37. The summed E-state index contributed by atoms with van der Waals surface area (Å²) in [5.41, 5.74) is 6.61. The lowest BCUT2D eigenvalue weighted by molar-refractivity contribution is 0.00491. The van der Waals surface area contributed by atoms with Crippen LogP contribution in [-0.2, 0) is 4.74 Å². The number of nitrogens with zero attached hydrogens (tertiary/aromatic N) is 3. The maximum Gasteiger partial charge on any atom is 0.254 e. The quantitative estimate of drug-likeness (QED) is 0.488. The molecule has 4 N–H and O–H groups in total. The summed E-state index contributed by atoms with van der Waals surface area (Å²) in [6, 6.07) is 7.48. The van der Waals surface area contributed by atoms with Crippen molar-refractivity contribution in [2.45, 2.75) is 50.7 Å². The molecule has 0 saturated heterocycles. The molecule has 1 saturated carbocycles. The van der Waals surface area contributed by atoms with Gasteiger partial charge in [0.2, 0.25) is 0 Å². The van der Waals surface area contributed by atoms with Crippen LogP contribution in [0.3, 0.4) is 0 Å². The fraction of sp³-hybridized carbons (Fsp3) is 0.522. The van der Waals surface area contributed by atoms with Crippen molar-refractivity contribution in [3.8, 4) is 0 Å². The number of aromatic nitrogens is 2. The van der Waals surface area contributed by atoms with E-state index >= 15 is 0 Å². The smallest absolute Gasteiger partial charge is 0.254 e. The molecule has 0 bridgehead atoms. The van der Waals surface area contributed by atoms with E-state index in [1.54, 1.807) is 30.1 Å². The molecule has 0 radical (unpaired) electrons. The Morgan fingerprint density at radius 3 is 2.69 bits per heavy atom. The number of hydrogen-bond donors (Lipinski definition) is 3. The van der Waals surface area contributed by atoms with Gasteiger partial charge in [-0.1, -0.05) is 11.6 Å². The SMILES string of the molecule is COCC(C)(C)N(C)[C@H]1CCC(n2cc(C(N)=O)c(Nc3ccc(Cl)cc3)n2)[C@@H](C=N)C1. The Morgan fingerprint density at radius 1 is 1.41 bits per heavy atom. The summed E-state index contributed by atoms with van der Waals surface area (Å²) in [5, 5.41) is 16.5. The molecule has 1 unspecified atom stereocenters. The Kier molecular flexibility index (Phi) is 7.59. The second kappa shape index (κ2) is 10.0. The number of halogens is 1. The summed E-state index contributed by atoms with van der Waals surface area (Å²) in [6.07, 6.45) is 5.85. The zero-order valence-corrected chi connectivity index (χ0v) is 19.9. The molecule has 9 heteroatoms. The molecule has 1 amide bonds. The molecule has 8 nitrogen and oxygen atoms in total. The first kappa shape index (κ1) is 24.2. The van der Waals surface area contributed by atoms with E-state index in [9.17, 15) is 4.79 Å². The van der Waals surface area contributed by atoms with Gasteiger partial charge in [-0.25, -0.2) is 0 Å². The van der Waals surface area contributed by atoms with E-state index in [0.717, 1.165) is 24.9 Å². The zero-order chi connectivity index (χ0) is 23.5. The number of rotatable bonds is 9. The summed E-state index contributed by atoms with van der Waals surface area (Å²) in [6.45, 7) is 4.98. The van der Waals surface area contributed by atoms with E-state index in [4.69, 9.17) is 27.5 Å². The van der Waals surface area contributed by atoms with Crippen molar-refractivity contribution in [2.75, 3.05) is 26.1 Å². The van der Waals surface area contributed by atoms with Gasteiger partial charge in [-0.15, -0.1) is 0 Å². The van der Waals surface area contributed by atoms with Crippen molar-refractivity contribution in [3.63, 3.8) is 0 Å². The van der Waals surface area contributed by atoms with E-state index in [-0.39, 0.29) is 17.5 Å². The van der Waals surface area contributed by atoms with Crippen molar-refractivity contribution < 1.29 is 9.53 Å². The topological polar surface area (TPSA) is 109 Å². The monoisotopic (exact) mass is 460 g/mol. The minimum absolute atomic E-state index is 0.00134. The molecule has 3 atom stereocenters. The van der Waals surface area contributed by atoms with Gasteiger partial charge in [-0.2, -0.15) is 5.10 Å². The third-order valence-electron chi connectivity index (χ3n) is 6.49. The Morgan fingerprint density at radius 2 is 2.09 bits per heavy atom. The molecule has 1 aliphatic rings. The number of nitrogens with one attached hydrogen (secondary N) is 2. The third kappa shape index (κ3) is 5.31. The maximum atomic E-state index is 12.1. The van der Waals surface area contributed by atoms with E-state index in [1.807, 2.05) is 12.1 Å². The lowest BCUT2D eigenvalue weighted by atomic mass is 9.80.